The van der Waals surface area contributed by atoms with Crippen LogP contribution >= 0.6 is 0 Å². The second-order valence-electron chi connectivity index (χ2n) is 4.64. The van der Waals surface area contributed by atoms with Crippen LogP contribution in [0.3, 0.4) is 0 Å². The molecule has 2 rings (SSSR count). The molecule has 90 valence electrons. The molecule has 1 saturated heterocycles. The van der Waals surface area contributed by atoms with Crippen LogP contribution in [0, 0.1) is 24.1 Å². The van der Waals surface area contributed by atoms with Gasteiger partial charge in [-0.2, -0.15) is 5.26 Å². The number of halogens is 1. The van der Waals surface area contributed by atoms with Gasteiger partial charge in [0, 0.05) is 0 Å². The Hall–Kier alpha value is -1.40. The Morgan fingerprint density at radius 1 is 1.29 bits per heavy atom. The van der Waals surface area contributed by atoms with Crippen molar-refractivity contribution in [3.8, 4) is 6.07 Å². The van der Waals surface area contributed by atoms with Gasteiger partial charge in [0.25, 0.3) is 0 Å². The molecule has 3 heteroatoms. The van der Waals surface area contributed by atoms with Crippen LogP contribution in [0.4, 0.5) is 4.39 Å². The number of hydrogen-bond donors (Lipinski definition) is 0. The van der Waals surface area contributed by atoms with Crippen molar-refractivity contribution in [3.05, 3.63) is 35.1 Å². The Kier molecular flexibility index (Phi) is 3.75. The maximum atomic E-state index is 13.5. The molecule has 1 fully saturated rings. The van der Waals surface area contributed by atoms with Crippen molar-refractivity contribution in [1.82, 2.24) is 4.90 Å². The zero-order valence-electron chi connectivity index (χ0n) is 10.1. The summed E-state index contributed by atoms with van der Waals surface area (Å²) in [6, 6.07) is 7.10. The second kappa shape index (κ2) is 5.29. The summed E-state index contributed by atoms with van der Waals surface area (Å²) in [7, 11) is 0. The molecule has 17 heavy (non-hydrogen) atoms. The number of nitrogens with zero attached hydrogens (tertiary/aromatic N) is 2. The maximum absolute atomic E-state index is 13.5. The van der Waals surface area contributed by atoms with Gasteiger partial charge in [0.05, 0.1) is 6.07 Å². The van der Waals surface area contributed by atoms with Crippen molar-refractivity contribution in [2.24, 2.45) is 0 Å². The first kappa shape index (κ1) is 12.1. The number of nitriles is 1. The van der Waals surface area contributed by atoms with Crippen LogP contribution < -0.4 is 0 Å². The van der Waals surface area contributed by atoms with Crippen LogP contribution in [0.5, 0.6) is 0 Å². The number of hydrogen-bond acceptors (Lipinski definition) is 2. The van der Waals surface area contributed by atoms with Gasteiger partial charge in [-0.15, -0.1) is 0 Å². The van der Waals surface area contributed by atoms with Crippen molar-refractivity contribution in [2.75, 3.05) is 13.1 Å². The molecular formula is C14H17FN2. The molecule has 0 N–H and O–H groups in total. The van der Waals surface area contributed by atoms with Crippen molar-refractivity contribution in [3.63, 3.8) is 0 Å². The lowest BCUT2D eigenvalue weighted by molar-refractivity contribution is 0.196. The third kappa shape index (κ3) is 2.65. The van der Waals surface area contributed by atoms with Gasteiger partial charge < -0.3 is 0 Å². The van der Waals surface area contributed by atoms with Gasteiger partial charge in [-0.05, 0) is 50.0 Å². The highest BCUT2D eigenvalue weighted by Crippen LogP contribution is 2.25. The van der Waals surface area contributed by atoms with E-state index in [-0.39, 0.29) is 11.9 Å². The summed E-state index contributed by atoms with van der Waals surface area (Å²) in [5, 5.41) is 9.28. The average Bonchev–Trinajstić information content (AvgIpc) is 2.36. The molecular weight excluding hydrogens is 215 g/mol. The second-order valence-corrected chi connectivity index (χ2v) is 4.64. The van der Waals surface area contributed by atoms with Gasteiger partial charge in [0.1, 0.15) is 11.9 Å². The number of likely N-dealkylation sites (tertiary alicyclic amines) is 1. The SMILES string of the molecule is Cc1ccc(C(C#N)N2CCCCC2)cc1F. The minimum Gasteiger partial charge on any atom is -0.284 e. The molecule has 2 nitrogen and oxygen atoms in total. The number of benzene rings is 1. The van der Waals surface area contributed by atoms with E-state index in [4.69, 9.17) is 0 Å². The summed E-state index contributed by atoms with van der Waals surface area (Å²) in [6.45, 7) is 3.61. The molecule has 1 aromatic carbocycles. The third-order valence-electron chi connectivity index (χ3n) is 3.39. The van der Waals surface area contributed by atoms with Crippen molar-refractivity contribution in [1.29, 1.82) is 5.26 Å². The Bertz CT molecular complexity index is 430. The molecule has 1 aliphatic rings. The highest BCUT2D eigenvalue weighted by atomic mass is 19.1. The molecule has 0 aromatic heterocycles. The molecule has 0 aliphatic carbocycles. The first-order valence-electron chi connectivity index (χ1n) is 6.12. The monoisotopic (exact) mass is 232 g/mol. The summed E-state index contributed by atoms with van der Waals surface area (Å²) in [6.07, 6.45) is 3.50. The zero-order chi connectivity index (χ0) is 12.3. The largest absolute Gasteiger partial charge is 0.284 e. The summed E-state index contributed by atoms with van der Waals surface area (Å²) < 4.78 is 13.5. The summed E-state index contributed by atoms with van der Waals surface area (Å²) in [5.74, 6) is -0.222. The topological polar surface area (TPSA) is 27.0 Å². The standard InChI is InChI=1S/C14H17FN2/c1-11-5-6-12(9-13(11)15)14(10-16)17-7-3-2-4-8-17/h5-6,9,14H,2-4,7-8H2,1H3. The molecule has 1 aliphatic heterocycles. The summed E-state index contributed by atoms with van der Waals surface area (Å²) in [5.41, 5.74) is 1.40. The predicted molar refractivity (Wildman–Crippen MR) is 64.9 cm³/mol. The predicted octanol–water partition coefficient (Wildman–Crippen LogP) is 3.18. The van der Waals surface area contributed by atoms with Crippen molar-refractivity contribution < 1.29 is 4.39 Å². The number of piperidine rings is 1. The van der Waals surface area contributed by atoms with Gasteiger partial charge in [-0.25, -0.2) is 4.39 Å². The smallest absolute Gasteiger partial charge is 0.126 e. The van der Waals surface area contributed by atoms with Gasteiger partial charge in [-0.3, -0.25) is 4.90 Å². The van der Waals surface area contributed by atoms with E-state index in [9.17, 15) is 9.65 Å². The van der Waals surface area contributed by atoms with Gasteiger partial charge >= 0.3 is 0 Å². The van der Waals surface area contributed by atoms with Crippen LogP contribution in [0.25, 0.3) is 0 Å². The molecule has 0 radical (unpaired) electrons. The van der Waals surface area contributed by atoms with E-state index in [0.717, 1.165) is 31.5 Å². The minimum absolute atomic E-state index is 0.222. The fourth-order valence-electron chi connectivity index (χ4n) is 2.32. The molecule has 1 unspecified atom stereocenters. The number of rotatable bonds is 2. The Balaban J connectivity index is 2.22. The van der Waals surface area contributed by atoms with Crippen LogP contribution in [-0.2, 0) is 0 Å². The molecule has 0 spiro atoms. The maximum Gasteiger partial charge on any atom is 0.126 e. The lowest BCUT2D eigenvalue weighted by atomic mass is 10.0. The van der Waals surface area contributed by atoms with Crippen LogP contribution in [0.15, 0.2) is 18.2 Å². The number of aryl methyl sites for hydroxylation is 1. The first-order valence-corrected chi connectivity index (χ1v) is 6.12. The molecule has 1 atom stereocenters. The van der Waals surface area contributed by atoms with Gasteiger partial charge in [-0.1, -0.05) is 18.6 Å². The Labute approximate surface area is 102 Å². The van der Waals surface area contributed by atoms with E-state index in [1.54, 1.807) is 13.0 Å². The van der Waals surface area contributed by atoms with Crippen molar-refractivity contribution in [2.45, 2.75) is 32.2 Å². The van der Waals surface area contributed by atoms with Crippen molar-refractivity contribution >= 4 is 0 Å². The van der Waals surface area contributed by atoms with E-state index >= 15 is 0 Å². The molecule has 0 amide bonds. The van der Waals surface area contributed by atoms with Crippen LogP contribution in [0.1, 0.15) is 36.4 Å². The van der Waals surface area contributed by atoms with E-state index in [0.29, 0.717) is 5.56 Å². The Morgan fingerprint density at radius 3 is 2.59 bits per heavy atom. The van der Waals surface area contributed by atoms with E-state index in [1.807, 2.05) is 6.07 Å². The molecule has 1 heterocycles. The van der Waals surface area contributed by atoms with Gasteiger partial charge in [0.15, 0.2) is 0 Å². The third-order valence-corrected chi connectivity index (χ3v) is 3.39. The molecule has 1 aromatic rings. The van der Waals surface area contributed by atoms with E-state index < -0.39 is 0 Å². The van der Waals surface area contributed by atoms with E-state index in [2.05, 4.69) is 11.0 Å². The highest BCUT2D eigenvalue weighted by Gasteiger charge is 2.22. The van der Waals surface area contributed by atoms with Crippen LogP contribution in [-0.4, -0.2) is 18.0 Å². The minimum atomic E-state index is -0.301. The summed E-state index contributed by atoms with van der Waals surface area (Å²) >= 11 is 0. The fraction of sp³-hybridized carbons (Fsp3) is 0.500. The summed E-state index contributed by atoms with van der Waals surface area (Å²) in [4.78, 5) is 2.15. The first-order chi connectivity index (χ1) is 8.22. The fourth-order valence-corrected chi connectivity index (χ4v) is 2.32. The average molecular weight is 232 g/mol. The molecule has 0 saturated carbocycles. The van der Waals surface area contributed by atoms with Crippen LogP contribution in [0.2, 0.25) is 0 Å². The Morgan fingerprint density at radius 2 is 2.00 bits per heavy atom. The normalized spacial score (nSPS) is 18.6. The lowest BCUT2D eigenvalue weighted by Crippen LogP contribution is -2.33. The van der Waals surface area contributed by atoms with E-state index in [1.165, 1.54) is 12.5 Å². The zero-order valence-corrected chi connectivity index (χ0v) is 10.1. The highest BCUT2D eigenvalue weighted by molar-refractivity contribution is 5.29. The van der Waals surface area contributed by atoms with Gasteiger partial charge in [0.2, 0.25) is 0 Å². The quantitative estimate of drug-likeness (QED) is 0.783. The lowest BCUT2D eigenvalue weighted by Gasteiger charge is -2.30. The molecule has 0 bridgehead atoms.